The van der Waals surface area contributed by atoms with Gasteiger partial charge < -0.3 is 4.57 Å². The number of fused-ring (bicyclic) bond motifs is 2. The van der Waals surface area contributed by atoms with Crippen molar-refractivity contribution in [3.63, 3.8) is 0 Å². The molecule has 1 unspecified atom stereocenters. The third-order valence-corrected chi connectivity index (χ3v) is 9.25. The van der Waals surface area contributed by atoms with Gasteiger partial charge in [0.2, 0.25) is 0 Å². The minimum absolute atomic E-state index is 0.207. The number of aromatic nitrogens is 3. The second-order valence-electron chi connectivity index (χ2n) is 5.69. The Morgan fingerprint density at radius 2 is 2.07 bits per heavy atom. The molecule has 0 spiro atoms. The van der Waals surface area contributed by atoms with E-state index in [9.17, 15) is 17.4 Å². The molecule has 4 aromatic heterocycles. The van der Waals surface area contributed by atoms with Crippen molar-refractivity contribution in [2.24, 2.45) is 7.05 Å². The molecule has 11 heteroatoms. The molecule has 4 aromatic rings. The molecule has 0 radical (unpaired) electrons. The number of nitrogens with zero attached hydrogens (tertiary/aromatic N) is 3. The van der Waals surface area contributed by atoms with E-state index in [0.29, 0.717) is 26.9 Å². The van der Waals surface area contributed by atoms with Crippen molar-refractivity contribution in [1.82, 2.24) is 14.5 Å². The van der Waals surface area contributed by atoms with Gasteiger partial charge in [0, 0.05) is 22.7 Å². The average molecular weight is 494 g/mol. The predicted octanol–water partition coefficient (Wildman–Crippen LogP) is 5.82. The van der Waals surface area contributed by atoms with Gasteiger partial charge in [0.1, 0.15) is 5.69 Å². The molecular weight excluding hydrogens is 483 g/mol. The maximum atomic E-state index is 13.0. The largest absolute Gasteiger partial charge is 0.433 e. The number of halogens is 4. The highest BCUT2D eigenvalue weighted by Gasteiger charge is 2.33. The monoisotopic (exact) mass is 493 g/mol. The van der Waals surface area contributed by atoms with Crippen LogP contribution in [0.4, 0.5) is 13.2 Å². The third-order valence-electron chi connectivity index (χ3n) is 4.07. The first-order valence-electron chi connectivity index (χ1n) is 7.70. The van der Waals surface area contributed by atoms with Crippen LogP contribution in [0.15, 0.2) is 27.0 Å². The number of imidazole rings is 1. The first-order valence-corrected chi connectivity index (χ1v) is 11.5. The van der Waals surface area contributed by atoms with Crippen LogP contribution < -0.4 is 0 Å². The van der Waals surface area contributed by atoms with Crippen molar-refractivity contribution < 1.29 is 17.4 Å². The standard InChI is InChI=1S/C16H11BrF3N3OS3/c1-3-27(24)14-12-11(7(17)6-25-12)26-13(14)15-22-8-4-10(16(18,19)20)21-5-9(8)23(15)2/h4-6H,3H2,1-2H3. The molecule has 0 aliphatic carbocycles. The van der Waals surface area contributed by atoms with Crippen LogP contribution in [0.1, 0.15) is 12.6 Å². The molecule has 4 nitrogen and oxygen atoms in total. The second kappa shape index (κ2) is 6.64. The van der Waals surface area contributed by atoms with Gasteiger partial charge in [-0.2, -0.15) is 13.2 Å². The summed E-state index contributed by atoms with van der Waals surface area (Å²) in [5.41, 5.74) is -0.284. The Kier molecular flexibility index (Phi) is 4.68. The summed E-state index contributed by atoms with van der Waals surface area (Å²) in [5.74, 6) is 0.932. The van der Waals surface area contributed by atoms with E-state index in [2.05, 4.69) is 25.9 Å². The SMILES string of the molecule is CCS(=O)c1c(-c2nc3cc(C(F)(F)F)ncc3n2C)sc2c(Br)csc12. The Morgan fingerprint density at radius 1 is 1.33 bits per heavy atom. The molecule has 0 aliphatic heterocycles. The summed E-state index contributed by atoms with van der Waals surface area (Å²) in [6.07, 6.45) is -3.35. The van der Waals surface area contributed by atoms with Gasteiger partial charge >= 0.3 is 6.18 Å². The van der Waals surface area contributed by atoms with Gasteiger partial charge in [-0.15, -0.1) is 22.7 Å². The topological polar surface area (TPSA) is 47.8 Å². The van der Waals surface area contributed by atoms with Gasteiger partial charge in [0.25, 0.3) is 0 Å². The highest BCUT2D eigenvalue weighted by Crippen LogP contribution is 2.47. The van der Waals surface area contributed by atoms with E-state index in [1.807, 2.05) is 12.3 Å². The third kappa shape index (κ3) is 3.04. The maximum absolute atomic E-state index is 13.0. The number of aryl methyl sites for hydroxylation is 1. The van der Waals surface area contributed by atoms with Gasteiger partial charge in [-0.25, -0.2) is 9.97 Å². The van der Waals surface area contributed by atoms with E-state index in [1.165, 1.54) is 28.9 Å². The fraction of sp³-hybridized carbons (Fsp3) is 0.250. The highest BCUT2D eigenvalue weighted by atomic mass is 79.9. The van der Waals surface area contributed by atoms with Gasteiger partial charge in [0.15, 0.2) is 5.82 Å². The first kappa shape index (κ1) is 19.0. The Balaban J connectivity index is 1.99. The van der Waals surface area contributed by atoms with Crippen molar-refractivity contribution in [2.75, 3.05) is 5.75 Å². The molecule has 0 saturated carbocycles. The van der Waals surface area contributed by atoms with Crippen LogP contribution in [0, 0.1) is 0 Å². The van der Waals surface area contributed by atoms with E-state index >= 15 is 0 Å². The number of alkyl halides is 3. The van der Waals surface area contributed by atoms with Crippen LogP contribution in [-0.4, -0.2) is 24.5 Å². The number of thiophene rings is 2. The molecule has 4 rings (SSSR count). The first-order chi connectivity index (χ1) is 12.7. The quantitative estimate of drug-likeness (QED) is 0.361. The molecule has 1 atom stereocenters. The fourth-order valence-electron chi connectivity index (χ4n) is 2.77. The average Bonchev–Trinajstić information content (AvgIpc) is 3.26. The summed E-state index contributed by atoms with van der Waals surface area (Å²) in [6, 6.07) is 0.946. The van der Waals surface area contributed by atoms with Gasteiger partial charge in [0.05, 0.1) is 47.2 Å². The minimum atomic E-state index is -4.53. The molecule has 0 fully saturated rings. The lowest BCUT2D eigenvalue weighted by atomic mass is 10.3. The highest BCUT2D eigenvalue weighted by molar-refractivity contribution is 9.10. The normalized spacial score (nSPS) is 13.7. The van der Waals surface area contributed by atoms with Gasteiger partial charge in [-0.05, 0) is 22.0 Å². The number of pyridine rings is 1. The molecule has 0 aliphatic rings. The minimum Gasteiger partial charge on any atom is -0.325 e. The zero-order chi connectivity index (χ0) is 19.5. The molecule has 142 valence electrons. The molecule has 27 heavy (non-hydrogen) atoms. The summed E-state index contributed by atoms with van der Waals surface area (Å²) in [5, 5.41) is 1.94. The molecule has 0 bridgehead atoms. The van der Waals surface area contributed by atoms with Crippen LogP contribution in [0.25, 0.3) is 31.1 Å². The lowest BCUT2D eigenvalue weighted by Crippen LogP contribution is -2.07. The zero-order valence-corrected chi connectivity index (χ0v) is 18.0. The zero-order valence-electron chi connectivity index (χ0n) is 13.9. The van der Waals surface area contributed by atoms with Crippen molar-refractivity contribution in [2.45, 2.75) is 18.0 Å². The molecule has 0 aromatic carbocycles. The molecular formula is C16H11BrF3N3OS3. The van der Waals surface area contributed by atoms with E-state index in [-0.39, 0.29) is 5.52 Å². The van der Waals surface area contributed by atoms with Crippen molar-refractivity contribution in [3.8, 4) is 10.7 Å². The Bertz CT molecular complexity index is 1210. The molecule has 4 heterocycles. The maximum Gasteiger partial charge on any atom is 0.433 e. The summed E-state index contributed by atoms with van der Waals surface area (Å²) < 4.78 is 56.1. The second-order valence-corrected chi connectivity index (χ2v) is 10.1. The van der Waals surface area contributed by atoms with E-state index < -0.39 is 22.7 Å². The fourth-order valence-corrected chi connectivity index (χ4v) is 7.61. The number of hydrogen-bond acceptors (Lipinski definition) is 5. The van der Waals surface area contributed by atoms with Gasteiger partial charge in [-0.3, -0.25) is 4.21 Å². The van der Waals surface area contributed by atoms with Crippen LogP contribution >= 0.6 is 38.6 Å². The van der Waals surface area contributed by atoms with Crippen molar-refractivity contribution in [3.05, 3.63) is 27.8 Å². The van der Waals surface area contributed by atoms with Crippen molar-refractivity contribution in [1.29, 1.82) is 0 Å². The number of hydrogen-bond donors (Lipinski definition) is 0. The smallest absolute Gasteiger partial charge is 0.325 e. The Labute approximate surface area is 170 Å². The van der Waals surface area contributed by atoms with E-state index in [0.717, 1.165) is 19.9 Å². The molecule has 0 N–H and O–H groups in total. The molecule has 0 amide bonds. The van der Waals surface area contributed by atoms with E-state index in [1.54, 1.807) is 11.6 Å². The Morgan fingerprint density at radius 3 is 2.74 bits per heavy atom. The number of rotatable bonds is 3. The van der Waals surface area contributed by atoms with Gasteiger partial charge in [-0.1, -0.05) is 6.92 Å². The van der Waals surface area contributed by atoms with Crippen LogP contribution in [0.2, 0.25) is 0 Å². The summed E-state index contributed by atoms with van der Waals surface area (Å²) >= 11 is 6.43. The van der Waals surface area contributed by atoms with Crippen molar-refractivity contribution >= 4 is 69.8 Å². The van der Waals surface area contributed by atoms with E-state index in [4.69, 9.17) is 0 Å². The van der Waals surface area contributed by atoms with Crippen LogP contribution in [0.5, 0.6) is 0 Å². The lowest BCUT2D eigenvalue weighted by molar-refractivity contribution is -0.141. The summed E-state index contributed by atoms with van der Waals surface area (Å²) in [6.45, 7) is 1.83. The van der Waals surface area contributed by atoms with Crippen LogP contribution in [0.3, 0.4) is 0 Å². The molecule has 0 saturated heterocycles. The summed E-state index contributed by atoms with van der Waals surface area (Å²) in [4.78, 5) is 9.35. The van der Waals surface area contributed by atoms with Crippen LogP contribution in [-0.2, 0) is 24.0 Å². The Hall–Kier alpha value is -1.30. The predicted molar refractivity (Wildman–Crippen MR) is 107 cm³/mol. The summed E-state index contributed by atoms with van der Waals surface area (Å²) in [7, 11) is 0.493. The lowest BCUT2D eigenvalue weighted by Gasteiger charge is -2.05.